The molecule has 0 radical (unpaired) electrons. The lowest BCUT2D eigenvalue weighted by Gasteiger charge is -2.17. The van der Waals surface area contributed by atoms with Crippen LogP contribution in [-0.4, -0.2) is 41.5 Å². The molecular weight excluding hydrogens is 484 g/mol. The standard InChI is InChI=1S/C20H18BBrFN5O4/c22-15-10-13(4-5-16(15)23)26-11-17-19(28-32-27-17)24-7-8-25-20(29)14-3-1-2-12-6-9-31-21(30)18(12)14/h1-6,9-10,26,30H,7-8,11H2,(H,24,28)(H,25,29). The molecule has 0 unspecified atom stereocenters. The number of rotatable bonds is 8. The van der Waals surface area contributed by atoms with Crippen molar-refractivity contribution in [3.05, 3.63) is 69.8 Å². The average Bonchev–Trinajstić information content (AvgIpc) is 3.24. The van der Waals surface area contributed by atoms with E-state index in [0.29, 0.717) is 52.3 Å². The molecule has 0 atom stereocenters. The molecule has 0 saturated carbocycles. The van der Waals surface area contributed by atoms with Crippen molar-refractivity contribution in [2.75, 3.05) is 23.7 Å². The minimum absolute atomic E-state index is 0.292. The monoisotopic (exact) mass is 501 g/mol. The van der Waals surface area contributed by atoms with Gasteiger partial charge >= 0.3 is 7.12 Å². The quantitative estimate of drug-likeness (QED) is 0.273. The summed E-state index contributed by atoms with van der Waals surface area (Å²) in [6, 6.07) is 9.75. The van der Waals surface area contributed by atoms with Gasteiger partial charge < -0.3 is 25.6 Å². The van der Waals surface area contributed by atoms with Crippen LogP contribution in [0.25, 0.3) is 6.08 Å². The van der Waals surface area contributed by atoms with E-state index in [-0.39, 0.29) is 11.7 Å². The Bertz CT molecular complexity index is 1160. The van der Waals surface area contributed by atoms with Crippen LogP contribution in [0, 0.1) is 5.82 Å². The smallest absolute Gasteiger partial charge is 0.538 e. The van der Waals surface area contributed by atoms with Crippen molar-refractivity contribution in [2.24, 2.45) is 0 Å². The second-order valence-electron chi connectivity index (χ2n) is 6.82. The van der Waals surface area contributed by atoms with Gasteiger partial charge in [-0.2, -0.15) is 0 Å². The molecule has 3 aromatic rings. The number of anilines is 2. The minimum atomic E-state index is -1.19. The summed E-state index contributed by atoms with van der Waals surface area (Å²) >= 11 is 3.14. The first kappa shape index (κ1) is 21.8. The SMILES string of the molecule is O=C(NCCNc1nonc1CNc1ccc(F)c(Br)c1)c1cccc2c1B(O)OC=C2. The van der Waals surface area contributed by atoms with E-state index in [4.69, 9.17) is 9.28 Å². The summed E-state index contributed by atoms with van der Waals surface area (Å²) in [6.07, 6.45) is 3.09. The Balaban J connectivity index is 1.29. The van der Waals surface area contributed by atoms with Gasteiger partial charge in [0.25, 0.3) is 5.91 Å². The van der Waals surface area contributed by atoms with Gasteiger partial charge in [0.15, 0.2) is 5.82 Å². The number of halogens is 2. The summed E-state index contributed by atoms with van der Waals surface area (Å²) in [5.74, 6) is -0.250. The zero-order valence-electron chi connectivity index (χ0n) is 16.6. The van der Waals surface area contributed by atoms with Crippen LogP contribution in [0.1, 0.15) is 21.6 Å². The summed E-state index contributed by atoms with van der Waals surface area (Å²) in [7, 11) is -1.19. The molecule has 4 rings (SSSR count). The van der Waals surface area contributed by atoms with E-state index in [2.05, 4.69) is 42.2 Å². The van der Waals surface area contributed by atoms with Crippen LogP contribution < -0.4 is 21.4 Å². The van der Waals surface area contributed by atoms with Crippen molar-refractivity contribution in [1.29, 1.82) is 0 Å². The third kappa shape index (κ3) is 4.92. The van der Waals surface area contributed by atoms with Gasteiger partial charge in [-0.1, -0.05) is 17.3 Å². The van der Waals surface area contributed by atoms with Crippen molar-refractivity contribution < 1.29 is 23.5 Å². The molecular formula is C20H18BBrFN5O4. The molecule has 32 heavy (non-hydrogen) atoms. The van der Waals surface area contributed by atoms with Crippen LogP contribution >= 0.6 is 15.9 Å². The Morgan fingerprint density at radius 3 is 2.91 bits per heavy atom. The van der Waals surface area contributed by atoms with Gasteiger partial charge in [0.05, 0.1) is 17.3 Å². The maximum absolute atomic E-state index is 13.3. The largest absolute Gasteiger partial charge is 0.561 e. The first-order valence-electron chi connectivity index (χ1n) is 9.68. The molecule has 4 N–H and O–H groups in total. The predicted octanol–water partition coefficient (Wildman–Crippen LogP) is 2.11. The van der Waals surface area contributed by atoms with Gasteiger partial charge in [0.2, 0.25) is 0 Å². The number of hydrogen-bond donors (Lipinski definition) is 4. The van der Waals surface area contributed by atoms with Crippen molar-refractivity contribution in [1.82, 2.24) is 15.6 Å². The predicted molar refractivity (Wildman–Crippen MR) is 121 cm³/mol. The summed E-state index contributed by atoms with van der Waals surface area (Å²) in [5.41, 5.74) is 2.74. The number of nitrogens with zero attached hydrogens (tertiary/aromatic N) is 2. The number of amides is 1. The van der Waals surface area contributed by atoms with E-state index in [9.17, 15) is 14.2 Å². The van der Waals surface area contributed by atoms with Crippen molar-refractivity contribution >= 4 is 52.0 Å². The number of fused-ring (bicyclic) bond motifs is 1. The highest BCUT2D eigenvalue weighted by Gasteiger charge is 2.29. The minimum Gasteiger partial charge on any atom is -0.538 e. The molecule has 0 spiro atoms. The fourth-order valence-electron chi connectivity index (χ4n) is 3.16. The Hall–Kier alpha value is -3.38. The fraction of sp³-hybridized carbons (Fsp3) is 0.150. The molecule has 1 aromatic heterocycles. The molecule has 0 fully saturated rings. The lowest BCUT2D eigenvalue weighted by Crippen LogP contribution is -2.42. The summed E-state index contributed by atoms with van der Waals surface area (Å²) < 4.78 is 23.6. The molecule has 2 aromatic carbocycles. The van der Waals surface area contributed by atoms with Crippen LogP contribution in [0.5, 0.6) is 0 Å². The van der Waals surface area contributed by atoms with E-state index >= 15 is 0 Å². The maximum atomic E-state index is 13.3. The lowest BCUT2D eigenvalue weighted by molar-refractivity contribution is 0.0955. The molecule has 1 amide bonds. The second kappa shape index (κ2) is 9.83. The van der Waals surface area contributed by atoms with Crippen LogP contribution in [0.4, 0.5) is 15.9 Å². The van der Waals surface area contributed by atoms with Gasteiger partial charge in [-0.15, -0.1) is 0 Å². The third-order valence-electron chi connectivity index (χ3n) is 4.73. The van der Waals surface area contributed by atoms with Crippen LogP contribution in [0.2, 0.25) is 0 Å². The van der Waals surface area contributed by atoms with Gasteiger partial charge in [0.1, 0.15) is 11.5 Å². The first-order valence-corrected chi connectivity index (χ1v) is 10.5. The average molecular weight is 502 g/mol. The summed E-state index contributed by atoms with van der Waals surface area (Å²) in [4.78, 5) is 12.6. The zero-order chi connectivity index (χ0) is 22.5. The van der Waals surface area contributed by atoms with Crippen molar-refractivity contribution in [2.45, 2.75) is 6.54 Å². The molecule has 164 valence electrons. The molecule has 2 heterocycles. The van der Waals surface area contributed by atoms with Crippen LogP contribution in [0.3, 0.4) is 0 Å². The normalized spacial score (nSPS) is 12.2. The van der Waals surface area contributed by atoms with Gasteiger partial charge in [-0.3, -0.25) is 4.79 Å². The number of aromatic nitrogens is 2. The third-order valence-corrected chi connectivity index (χ3v) is 5.33. The second-order valence-corrected chi connectivity index (χ2v) is 7.68. The number of nitrogens with one attached hydrogen (secondary N) is 3. The van der Waals surface area contributed by atoms with E-state index in [0.717, 1.165) is 5.56 Å². The van der Waals surface area contributed by atoms with Crippen LogP contribution in [-0.2, 0) is 11.2 Å². The number of carbonyl (C=O) groups excluding carboxylic acids is 1. The van der Waals surface area contributed by atoms with E-state index in [1.807, 2.05) is 0 Å². The highest BCUT2D eigenvalue weighted by molar-refractivity contribution is 9.10. The number of carbonyl (C=O) groups is 1. The first-order chi connectivity index (χ1) is 15.5. The van der Waals surface area contributed by atoms with E-state index in [1.165, 1.54) is 12.3 Å². The van der Waals surface area contributed by atoms with Gasteiger partial charge in [-0.25, -0.2) is 9.02 Å². The Labute approximate surface area is 191 Å². The van der Waals surface area contributed by atoms with Gasteiger partial charge in [-0.05, 0) is 57.0 Å². The zero-order valence-corrected chi connectivity index (χ0v) is 18.2. The topological polar surface area (TPSA) is 122 Å². The molecule has 1 aliphatic heterocycles. The highest BCUT2D eigenvalue weighted by Crippen LogP contribution is 2.21. The number of hydrogen-bond acceptors (Lipinski definition) is 8. The molecule has 12 heteroatoms. The maximum Gasteiger partial charge on any atom is 0.561 e. The summed E-state index contributed by atoms with van der Waals surface area (Å²) in [5, 5.41) is 26.7. The molecule has 0 saturated heterocycles. The van der Waals surface area contributed by atoms with E-state index < -0.39 is 7.12 Å². The Morgan fingerprint density at radius 1 is 1.19 bits per heavy atom. The summed E-state index contributed by atoms with van der Waals surface area (Å²) in [6.45, 7) is 0.959. The molecule has 0 bridgehead atoms. The van der Waals surface area contributed by atoms with E-state index in [1.54, 1.807) is 36.4 Å². The van der Waals surface area contributed by atoms with Crippen LogP contribution in [0.15, 0.2) is 51.8 Å². The molecule has 9 nitrogen and oxygen atoms in total. The Morgan fingerprint density at radius 2 is 2.06 bits per heavy atom. The number of benzene rings is 2. The highest BCUT2D eigenvalue weighted by atomic mass is 79.9. The Kier molecular flexibility index (Phi) is 6.71. The fourth-order valence-corrected chi connectivity index (χ4v) is 3.54. The molecule has 0 aliphatic carbocycles. The van der Waals surface area contributed by atoms with Crippen molar-refractivity contribution in [3.63, 3.8) is 0 Å². The van der Waals surface area contributed by atoms with Crippen molar-refractivity contribution in [3.8, 4) is 0 Å². The molecule has 1 aliphatic rings. The van der Waals surface area contributed by atoms with Gasteiger partial charge in [0, 0.05) is 29.8 Å². The lowest BCUT2D eigenvalue weighted by atomic mass is 9.72.